The summed E-state index contributed by atoms with van der Waals surface area (Å²) in [6.07, 6.45) is 4.17. The molecule has 126 valence electrons. The summed E-state index contributed by atoms with van der Waals surface area (Å²) in [6, 6.07) is 7.86. The van der Waals surface area contributed by atoms with Crippen LogP contribution in [-0.4, -0.2) is 59.4 Å². The van der Waals surface area contributed by atoms with Gasteiger partial charge in [-0.25, -0.2) is 0 Å². The van der Waals surface area contributed by atoms with Crippen LogP contribution in [-0.2, 0) is 0 Å². The maximum Gasteiger partial charge on any atom is 0.253 e. The molecule has 0 aliphatic carbocycles. The van der Waals surface area contributed by atoms with E-state index in [1.54, 1.807) is 4.90 Å². The molecule has 2 saturated heterocycles. The van der Waals surface area contributed by atoms with Crippen molar-refractivity contribution in [2.45, 2.75) is 37.7 Å². The van der Waals surface area contributed by atoms with Gasteiger partial charge >= 0.3 is 0 Å². The van der Waals surface area contributed by atoms with E-state index in [2.05, 4.69) is 4.90 Å². The van der Waals surface area contributed by atoms with Crippen molar-refractivity contribution in [2.75, 3.05) is 37.7 Å². The van der Waals surface area contributed by atoms with E-state index in [4.69, 9.17) is 0 Å². The van der Waals surface area contributed by atoms with Crippen molar-refractivity contribution in [3.8, 4) is 0 Å². The van der Waals surface area contributed by atoms with E-state index in [1.165, 1.54) is 18.5 Å². The van der Waals surface area contributed by atoms with Crippen LogP contribution < -0.4 is 4.90 Å². The van der Waals surface area contributed by atoms with Crippen LogP contribution in [0.15, 0.2) is 24.3 Å². The van der Waals surface area contributed by atoms with Crippen LogP contribution in [0.5, 0.6) is 0 Å². The second-order valence-corrected chi connectivity index (χ2v) is 6.77. The molecule has 2 fully saturated rings. The third-order valence-corrected chi connectivity index (χ3v) is 5.08. The van der Waals surface area contributed by atoms with Crippen LogP contribution >= 0.6 is 0 Å². The first-order valence-electron chi connectivity index (χ1n) is 8.59. The fourth-order valence-corrected chi connectivity index (χ4v) is 3.51. The lowest BCUT2D eigenvalue weighted by atomic mass is 9.96. The number of carbonyl (C=O) groups excluding carboxylic acids is 1. The van der Waals surface area contributed by atoms with Crippen LogP contribution in [0, 0.1) is 0 Å². The summed E-state index contributed by atoms with van der Waals surface area (Å²) in [7, 11) is 0. The minimum Gasteiger partial charge on any atom is -0.393 e. The molecule has 0 spiro atoms. The zero-order valence-electron chi connectivity index (χ0n) is 13.6. The van der Waals surface area contributed by atoms with Gasteiger partial charge in [-0.15, -0.1) is 0 Å². The first-order chi connectivity index (χ1) is 11.1. The Kier molecular flexibility index (Phi) is 4.87. The zero-order chi connectivity index (χ0) is 16.3. The van der Waals surface area contributed by atoms with Gasteiger partial charge in [0.15, 0.2) is 0 Å². The molecule has 0 bridgehead atoms. The third kappa shape index (κ3) is 3.67. The zero-order valence-corrected chi connectivity index (χ0v) is 13.6. The molecule has 3 rings (SSSR count). The number of hydrogen-bond acceptors (Lipinski definition) is 4. The molecule has 1 aromatic rings. The molecule has 23 heavy (non-hydrogen) atoms. The second-order valence-electron chi connectivity index (χ2n) is 6.77. The lowest BCUT2D eigenvalue weighted by Crippen LogP contribution is -2.36. The molecule has 5 heteroatoms. The Balaban J connectivity index is 1.65. The van der Waals surface area contributed by atoms with E-state index in [-0.39, 0.29) is 12.5 Å². The Labute approximate surface area is 137 Å². The van der Waals surface area contributed by atoms with Crippen LogP contribution in [0.2, 0.25) is 0 Å². The number of benzene rings is 1. The largest absolute Gasteiger partial charge is 0.393 e. The summed E-state index contributed by atoms with van der Waals surface area (Å²) < 4.78 is 0. The quantitative estimate of drug-likeness (QED) is 0.889. The predicted molar refractivity (Wildman–Crippen MR) is 89.7 cm³/mol. The monoisotopic (exact) mass is 318 g/mol. The Morgan fingerprint density at radius 3 is 2.35 bits per heavy atom. The molecule has 1 aromatic carbocycles. The highest BCUT2D eigenvalue weighted by atomic mass is 16.3. The van der Waals surface area contributed by atoms with Crippen molar-refractivity contribution in [2.24, 2.45) is 0 Å². The number of aliphatic hydroxyl groups is 2. The first-order valence-corrected chi connectivity index (χ1v) is 8.59. The number of likely N-dealkylation sites (tertiary alicyclic amines) is 1. The minimum atomic E-state index is -1.03. The lowest BCUT2D eigenvalue weighted by molar-refractivity contribution is -0.0250. The number of amides is 1. The van der Waals surface area contributed by atoms with Crippen LogP contribution in [0.3, 0.4) is 0 Å². The van der Waals surface area contributed by atoms with Crippen molar-refractivity contribution < 1.29 is 15.0 Å². The summed E-state index contributed by atoms with van der Waals surface area (Å²) in [6.45, 7) is 3.08. The van der Waals surface area contributed by atoms with Gasteiger partial charge in [0, 0.05) is 37.4 Å². The van der Waals surface area contributed by atoms with E-state index in [0.717, 1.165) is 13.1 Å². The van der Waals surface area contributed by atoms with Gasteiger partial charge in [-0.3, -0.25) is 4.79 Å². The highest BCUT2D eigenvalue weighted by Crippen LogP contribution is 2.24. The predicted octanol–water partition coefficient (Wildman–Crippen LogP) is 1.64. The van der Waals surface area contributed by atoms with Gasteiger partial charge in [0.25, 0.3) is 5.91 Å². The molecule has 0 unspecified atom stereocenters. The molecule has 2 N–H and O–H groups in total. The summed E-state index contributed by atoms with van der Waals surface area (Å²) in [5.41, 5.74) is 0.848. The second kappa shape index (κ2) is 6.89. The Morgan fingerprint density at radius 1 is 1.00 bits per heavy atom. The Bertz CT molecular complexity index is 540. The van der Waals surface area contributed by atoms with Gasteiger partial charge in [0.05, 0.1) is 12.2 Å². The van der Waals surface area contributed by atoms with Crippen molar-refractivity contribution in [3.05, 3.63) is 29.8 Å². The van der Waals surface area contributed by atoms with Crippen molar-refractivity contribution >= 4 is 11.6 Å². The van der Waals surface area contributed by atoms with Gasteiger partial charge in [0.1, 0.15) is 0 Å². The average molecular weight is 318 g/mol. The highest BCUT2D eigenvalue weighted by Gasteiger charge is 2.31. The standard InChI is InChI=1S/C18H26N2O3/c21-14-18(23)8-3-12-20(13-9-18)17(22)15-4-6-16(7-5-15)19-10-1-2-11-19/h4-7,21,23H,1-3,8-14H2/t18-/m1/s1. The van der Waals surface area contributed by atoms with Crippen molar-refractivity contribution in [1.29, 1.82) is 0 Å². The normalized spacial score (nSPS) is 25.5. The maximum atomic E-state index is 12.7. The van der Waals surface area contributed by atoms with Crippen molar-refractivity contribution in [1.82, 2.24) is 4.90 Å². The molecule has 0 aromatic heterocycles. The van der Waals surface area contributed by atoms with E-state index in [1.807, 2.05) is 24.3 Å². The topological polar surface area (TPSA) is 64.0 Å². The molecule has 5 nitrogen and oxygen atoms in total. The van der Waals surface area contributed by atoms with Gasteiger partial charge in [-0.05, 0) is 56.4 Å². The summed E-state index contributed by atoms with van der Waals surface area (Å²) >= 11 is 0. The molecular formula is C18H26N2O3. The third-order valence-electron chi connectivity index (χ3n) is 5.08. The molecule has 1 atom stereocenters. The highest BCUT2D eigenvalue weighted by molar-refractivity contribution is 5.94. The summed E-state index contributed by atoms with van der Waals surface area (Å²) in [4.78, 5) is 16.8. The molecule has 2 aliphatic rings. The van der Waals surface area contributed by atoms with Gasteiger partial charge in [-0.1, -0.05) is 0 Å². The number of anilines is 1. The summed E-state index contributed by atoms with van der Waals surface area (Å²) in [5.74, 6) is 0.0140. The number of aliphatic hydroxyl groups excluding tert-OH is 1. The maximum absolute atomic E-state index is 12.7. The Morgan fingerprint density at radius 2 is 1.70 bits per heavy atom. The molecular weight excluding hydrogens is 292 g/mol. The van der Waals surface area contributed by atoms with Crippen LogP contribution in [0.1, 0.15) is 42.5 Å². The van der Waals surface area contributed by atoms with E-state index >= 15 is 0 Å². The molecule has 0 radical (unpaired) electrons. The smallest absolute Gasteiger partial charge is 0.253 e. The molecule has 0 saturated carbocycles. The average Bonchev–Trinajstić information content (AvgIpc) is 3.05. The lowest BCUT2D eigenvalue weighted by Gasteiger charge is -2.24. The molecule has 1 amide bonds. The number of hydrogen-bond donors (Lipinski definition) is 2. The SMILES string of the molecule is O=C(c1ccc(N2CCCC2)cc1)N1CCC[C@](O)(CO)CC1. The van der Waals surface area contributed by atoms with Crippen LogP contribution in [0.25, 0.3) is 0 Å². The van der Waals surface area contributed by atoms with E-state index in [0.29, 0.717) is 37.9 Å². The Hall–Kier alpha value is -1.59. The fraction of sp³-hybridized carbons (Fsp3) is 0.611. The molecule has 2 aliphatic heterocycles. The summed E-state index contributed by atoms with van der Waals surface area (Å²) in [5, 5.41) is 19.5. The van der Waals surface area contributed by atoms with E-state index < -0.39 is 5.60 Å². The molecule has 2 heterocycles. The van der Waals surface area contributed by atoms with Crippen LogP contribution in [0.4, 0.5) is 5.69 Å². The number of carbonyl (C=O) groups is 1. The number of rotatable bonds is 3. The van der Waals surface area contributed by atoms with Gasteiger partial charge in [0.2, 0.25) is 0 Å². The van der Waals surface area contributed by atoms with Crippen molar-refractivity contribution in [3.63, 3.8) is 0 Å². The minimum absolute atomic E-state index is 0.0140. The number of nitrogens with zero attached hydrogens (tertiary/aromatic N) is 2. The first kappa shape index (κ1) is 16.3. The van der Waals surface area contributed by atoms with Gasteiger partial charge in [-0.2, -0.15) is 0 Å². The fourth-order valence-electron chi connectivity index (χ4n) is 3.51. The van der Waals surface area contributed by atoms with E-state index in [9.17, 15) is 15.0 Å². The van der Waals surface area contributed by atoms with Gasteiger partial charge < -0.3 is 20.0 Å².